The highest BCUT2D eigenvalue weighted by molar-refractivity contribution is 6.33. The van der Waals surface area contributed by atoms with Crippen LogP contribution in [0.4, 0.5) is 4.39 Å². The first-order chi connectivity index (χ1) is 19.2. The van der Waals surface area contributed by atoms with Crippen LogP contribution in [0.25, 0.3) is 11.1 Å². The molecule has 1 aliphatic carbocycles. The maximum atomic E-state index is 16.0. The highest BCUT2D eigenvalue weighted by Gasteiger charge is 2.25. The second kappa shape index (κ2) is 13.3. The number of carbonyl (C=O) groups is 2. The van der Waals surface area contributed by atoms with Crippen LogP contribution in [-0.2, 0) is 4.79 Å². The summed E-state index contributed by atoms with van der Waals surface area (Å²) in [7, 11) is 3.16. The van der Waals surface area contributed by atoms with Crippen LogP contribution in [-0.4, -0.2) is 56.0 Å². The lowest BCUT2D eigenvalue weighted by atomic mass is 9.87. The minimum Gasteiger partial charge on any atom is -0.481 e. The van der Waals surface area contributed by atoms with Crippen molar-refractivity contribution < 1.29 is 18.7 Å². The molecular weight excluding hydrogens is 531 g/mol. The second-order valence-electron chi connectivity index (χ2n) is 10.5. The predicted octanol–water partition coefficient (Wildman–Crippen LogP) is 4.70. The molecule has 0 radical (unpaired) electrons. The summed E-state index contributed by atoms with van der Waals surface area (Å²) >= 11 is 6.62. The molecule has 9 heteroatoms. The van der Waals surface area contributed by atoms with Crippen molar-refractivity contribution in [2.75, 3.05) is 27.2 Å². The van der Waals surface area contributed by atoms with Crippen LogP contribution in [0.1, 0.15) is 53.1 Å². The van der Waals surface area contributed by atoms with Crippen molar-refractivity contribution in [3.63, 3.8) is 0 Å². The molecule has 1 atom stereocenters. The molecule has 0 saturated heterocycles. The largest absolute Gasteiger partial charge is 0.481 e. The molecule has 212 valence electrons. The number of primary amides is 1. The quantitative estimate of drug-likeness (QED) is 0.329. The number of likely N-dealkylation sites (N-methyl/N-ethyl adjacent to an activating group) is 1. The lowest BCUT2D eigenvalue weighted by Gasteiger charge is -2.29. The van der Waals surface area contributed by atoms with E-state index in [2.05, 4.69) is 17.4 Å². The topological polar surface area (TPSA) is 111 Å². The fraction of sp³-hybridized carbons (Fsp3) is 0.355. The fourth-order valence-electron chi connectivity index (χ4n) is 5.08. The predicted molar refractivity (Wildman–Crippen MR) is 156 cm³/mol. The Bertz CT molecular complexity index is 1340. The first kappa shape index (κ1) is 29.5. The Hall–Kier alpha value is -3.46. The van der Waals surface area contributed by atoms with Crippen LogP contribution in [0.2, 0.25) is 5.02 Å². The Labute approximate surface area is 239 Å². The molecule has 5 N–H and O–H groups in total. The summed E-state index contributed by atoms with van der Waals surface area (Å²) in [5.41, 5.74) is 13.9. The van der Waals surface area contributed by atoms with Crippen molar-refractivity contribution in [2.45, 2.75) is 43.7 Å². The van der Waals surface area contributed by atoms with Crippen molar-refractivity contribution in [2.24, 2.45) is 11.5 Å². The van der Waals surface area contributed by atoms with Gasteiger partial charge in [-0.15, -0.1) is 0 Å². The van der Waals surface area contributed by atoms with Gasteiger partial charge in [-0.2, -0.15) is 0 Å². The van der Waals surface area contributed by atoms with Crippen LogP contribution in [0, 0.1) is 5.82 Å². The normalized spacial score (nSPS) is 17.7. The number of hydrogen-bond donors (Lipinski definition) is 3. The molecule has 0 spiro atoms. The maximum absolute atomic E-state index is 16.0. The van der Waals surface area contributed by atoms with E-state index in [1.54, 1.807) is 26.2 Å². The second-order valence-corrected chi connectivity index (χ2v) is 10.9. The van der Waals surface area contributed by atoms with Gasteiger partial charge in [0, 0.05) is 54.8 Å². The van der Waals surface area contributed by atoms with Gasteiger partial charge < -0.3 is 26.4 Å². The Morgan fingerprint density at radius 2 is 1.75 bits per heavy atom. The average molecular weight is 567 g/mol. The summed E-state index contributed by atoms with van der Waals surface area (Å²) in [6, 6.07) is 18.8. The molecule has 4 rings (SSSR count). The SMILES string of the molecule is CN(C)C(=O)COc1ccc(C(N)=O)c(-c2cc(C(CNC3CCC(N)CC3)c3ccccc3)ccc2Cl)c1F. The van der Waals surface area contributed by atoms with E-state index >= 15 is 4.39 Å². The van der Waals surface area contributed by atoms with Crippen molar-refractivity contribution in [3.8, 4) is 16.9 Å². The van der Waals surface area contributed by atoms with E-state index in [0.29, 0.717) is 18.2 Å². The van der Waals surface area contributed by atoms with E-state index < -0.39 is 11.7 Å². The van der Waals surface area contributed by atoms with Crippen molar-refractivity contribution >= 4 is 23.4 Å². The molecule has 1 aliphatic rings. The van der Waals surface area contributed by atoms with Crippen LogP contribution < -0.4 is 21.5 Å². The minimum absolute atomic E-state index is 0.0317. The summed E-state index contributed by atoms with van der Waals surface area (Å²) < 4.78 is 21.4. The zero-order valence-corrected chi connectivity index (χ0v) is 23.6. The first-order valence-electron chi connectivity index (χ1n) is 13.4. The van der Waals surface area contributed by atoms with Gasteiger partial charge in [0.15, 0.2) is 18.2 Å². The summed E-state index contributed by atoms with van der Waals surface area (Å²) in [6.45, 7) is 0.298. The summed E-state index contributed by atoms with van der Waals surface area (Å²) in [6.07, 6.45) is 4.02. The fourth-order valence-corrected chi connectivity index (χ4v) is 5.29. The molecule has 3 aromatic rings. The minimum atomic E-state index is -0.810. The van der Waals surface area contributed by atoms with Crippen molar-refractivity contribution in [3.05, 3.63) is 88.2 Å². The van der Waals surface area contributed by atoms with E-state index in [1.807, 2.05) is 24.3 Å². The molecule has 1 unspecified atom stereocenters. The summed E-state index contributed by atoms with van der Waals surface area (Å²) in [5, 5.41) is 3.96. The summed E-state index contributed by atoms with van der Waals surface area (Å²) in [5.74, 6) is -2.19. The number of hydrogen-bond acceptors (Lipinski definition) is 5. The van der Waals surface area contributed by atoms with Gasteiger partial charge >= 0.3 is 0 Å². The number of nitrogens with one attached hydrogen (secondary N) is 1. The third-order valence-corrected chi connectivity index (χ3v) is 7.80. The maximum Gasteiger partial charge on any atom is 0.259 e. The molecule has 1 saturated carbocycles. The zero-order valence-electron chi connectivity index (χ0n) is 22.8. The van der Waals surface area contributed by atoms with E-state index in [-0.39, 0.29) is 46.4 Å². The summed E-state index contributed by atoms with van der Waals surface area (Å²) in [4.78, 5) is 25.7. The molecular formula is C31H36ClFN4O3. The van der Waals surface area contributed by atoms with Gasteiger partial charge in [0.2, 0.25) is 5.91 Å². The Kier molecular flexibility index (Phi) is 9.79. The van der Waals surface area contributed by atoms with Gasteiger partial charge in [-0.25, -0.2) is 4.39 Å². The van der Waals surface area contributed by atoms with Gasteiger partial charge in [0.25, 0.3) is 5.91 Å². The molecule has 0 aromatic heterocycles. The van der Waals surface area contributed by atoms with Gasteiger partial charge in [-0.3, -0.25) is 9.59 Å². The molecule has 40 heavy (non-hydrogen) atoms. The van der Waals surface area contributed by atoms with Gasteiger partial charge in [-0.05, 0) is 61.1 Å². The van der Waals surface area contributed by atoms with Crippen LogP contribution in [0.5, 0.6) is 5.75 Å². The third kappa shape index (κ3) is 6.99. The highest BCUT2D eigenvalue weighted by Crippen LogP contribution is 2.39. The Balaban J connectivity index is 1.73. The monoisotopic (exact) mass is 566 g/mol. The molecule has 0 aliphatic heterocycles. The van der Waals surface area contributed by atoms with Crippen molar-refractivity contribution in [1.29, 1.82) is 0 Å². The Morgan fingerprint density at radius 3 is 2.40 bits per heavy atom. The van der Waals surface area contributed by atoms with E-state index in [0.717, 1.165) is 36.8 Å². The van der Waals surface area contributed by atoms with Gasteiger partial charge in [0.05, 0.1) is 5.56 Å². The number of amides is 2. The number of carbonyl (C=O) groups excluding carboxylic acids is 2. The highest BCUT2D eigenvalue weighted by atomic mass is 35.5. The van der Waals surface area contributed by atoms with E-state index in [9.17, 15) is 9.59 Å². The van der Waals surface area contributed by atoms with Crippen LogP contribution >= 0.6 is 11.6 Å². The molecule has 0 heterocycles. The molecule has 1 fully saturated rings. The molecule has 7 nitrogen and oxygen atoms in total. The number of nitrogens with two attached hydrogens (primary N) is 2. The van der Waals surface area contributed by atoms with Crippen molar-refractivity contribution in [1.82, 2.24) is 10.2 Å². The third-order valence-electron chi connectivity index (χ3n) is 7.47. The molecule has 3 aromatic carbocycles. The number of rotatable bonds is 10. The first-order valence-corrected chi connectivity index (χ1v) is 13.8. The van der Waals surface area contributed by atoms with Crippen LogP contribution in [0.3, 0.4) is 0 Å². The number of nitrogens with zero attached hydrogens (tertiary/aromatic N) is 1. The number of ether oxygens (including phenoxy) is 1. The lowest BCUT2D eigenvalue weighted by Crippen LogP contribution is -2.39. The Morgan fingerprint density at radius 1 is 1.05 bits per heavy atom. The molecule has 2 amide bonds. The zero-order chi connectivity index (χ0) is 28.8. The molecule has 0 bridgehead atoms. The number of halogens is 2. The standard InChI is InChI=1S/C31H36ClFN4O3/c1-37(2)28(38)18-40-27-15-13-23(31(35)39)29(30(27)33)24-16-20(8-14-26(24)32)25(19-6-4-3-5-7-19)17-36-22-11-9-21(34)10-12-22/h3-8,13-16,21-22,25,36H,9-12,17-18,34H2,1-2H3,(H2,35,39). The number of benzene rings is 3. The average Bonchev–Trinajstić information content (AvgIpc) is 2.94. The van der Waals surface area contributed by atoms with Gasteiger partial charge in [0.1, 0.15) is 0 Å². The van der Waals surface area contributed by atoms with Gasteiger partial charge in [-0.1, -0.05) is 48.0 Å². The van der Waals surface area contributed by atoms with E-state index in [4.69, 9.17) is 27.8 Å². The smallest absolute Gasteiger partial charge is 0.259 e. The lowest BCUT2D eigenvalue weighted by molar-refractivity contribution is -0.130. The van der Waals surface area contributed by atoms with E-state index in [1.165, 1.54) is 17.0 Å². The van der Waals surface area contributed by atoms with Crippen LogP contribution in [0.15, 0.2) is 60.7 Å².